The quantitative estimate of drug-likeness (QED) is 0.745. The van der Waals surface area contributed by atoms with Crippen LogP contribution in [0, 0.1) is 11.6 Å². The van der Waals surface area contributed by atoms with Gasteiger partial charge in [0, 0.05) is 12.6 Å². The number of methoxy groups -OCH3 is 1. The van der Waals surface area contributed by atoms with E-state index in [1.165, 1.54) is 36.6 Å². The molecule has 0 spiro atoms. The first kappa shape index (κ1) is 17.0. The summed E-state index contributed by atoms with van der Waals surface area (Å²) in [5.41, 5.74) is 1.91. The molecule has 1 heterocycles. The predicted molar refractivity (Wildman–Crippen MR) is 89.5 cm³/mol. The van der Waals surface area contributed by atoms with E-state index in [1.54, 1.807) is 18.2 Å². The topological polar surface area (TPSA) is 52.0 Å². The van der Waals surface area contributed by atoms with Gasteiger partial charge in [0.15, 0.2) is 11.6 Å². The monoisotopic (exact) mass is 344 g/mol. The zero-order chi connectivity index (χ0) is 17.8. The second kappa shape index (κ2) is 7.40. The first-order chi connectivity index (χ1) is 12.1. The first-order valence-electron chi connectivity index (χ1n) is 7.78. The Kier molecular flexibility index (Phi) is 5.04. The second-order valence-electron chi connectivity index (χ2n) is 5.62. The van der Waals surface area contributed by atoms with E-state index in [2.05, 4.69) is 15.4 Å². The van der Waals surface area contributed by atoms with Gasteiger partial charge in [0.25, 0.3) is 0 Å². The zero-order valence-electron chi connectivity index (χ0n) is 13.9. The van der Waals surface area contributed by atoms with Crippen LogP contribution in [0.15, 0.2) is 49.1 Å². The lowest BCUT2D eigenvalue weighted by Gasteiger charge is -2.15. The molecule has 25 heavy (non-hydrogen) atoms. The van der Waals surface area contributed by atoms with E-state index < -0.39 is 5.82 Å². The molecule has 1 unspecified atom stereocenters. The molecule has 0 amide bonds. The van der Waals surface area contributed by atoms with E-state index in [4.69, 9.17) is 4.74 Å². The molecule has 0 radical (unpaired) electrons. The van der Waals surface area contributed by atoms with Crippen LogP contribution < -0.4 is 10.1 Å². The highest BCUT2D eigenvalue weighted by Gasteiger charge is 2.11. The van der Waals surface area contributed by atoms with E-state index in [0.717, 1.165) is 11.1 Å². The van der Waals surface area contributed by atoms with Crippen LogP contribution in [0.4, 0.5) is 8.78 Å². The van der Waals surface area contributed by atoms with Crippen molar-refractivity contribution < 1.29 is 13.5 Å². The number of hydrogen-bond donors (Lipinski definition) is 1. The fourth-order valence-corrected chi connectivity index (χ4v) is 2.52. The van der Waals surface area contributed by atoms with Crippen molar-refractivity contribution in [1.82, 2.24) is 20.1 Å². The van der Waals surface area contributed by atoms with Crippen molar-refractivity contribution in [2.24, 2.45) is 0 Å². The molecule has 0 bridgehead atoms. The summed E-state index contributed by atoms with van der Waals surface area (Å²) >= 11 is 0. The van der Waals surface area contributed by atoms with Crippen molar-refractivity contribution >= 4 is 0 Å². The Balaban J connectivity index is 1.67. The lowest BCUT2D eigenvalue weighted by Crippen LogP contribution is -2.18. The average Bonchev–Trinajstić information content (AvgIpc) is 3.14. The third kappa shape index (κ3) is 3.83. The molecule has 0 aliphatic rings. The maximum Gasteiger partial charge on any atom is 0.165 e. The van der Waals surface area contributed by atoms with Gasteiger partial charge in [-0.2, -0.15) is 5.10 Å². The lowest BCUT2D eigenvalue weighted by molar-refractivity contribution is 0.385. The Morgan fingerprint density at radius 1 is 1.16 bits per heavy atom. The SMILES string of the molecule is COc1ccc(C(C)NCc2ccc(-n3cncn3)c(F)c2)cc1F. The Morgan fingerprint density at radius 2 is 2.00 bits per heavy atom. The number of nitrogens with one attached hydrogen (secondary N) is 1. The smallest absolute Gasteiger partial charge is 0.165 e. The molecular weight excluding hydrogens is 326 g/mol. The summed E-state index contributed by atoms with van der Waals surface area (Å²) < 4.78 is 34.3. The molecule has 0 aliphatic carbocycles. The third-order valence-electron chi connectivity index (χ3n) is 3.97. The third-order valence-corrected chi connectivity index (χ3v) is 3.97. The van der Waals surface area contributed by atoms with Crippen molar-refractivity contribution in [1.29, 1.82) is 0 Å². The summed E-state index contributed by atoms with van der Waals surface area (Å²) in [5, 5.41) is 7.17. The van der Waals surface area contributed by atoms with E-state index in [1.807, 2.05) is 13.0 Å². The summed E-state index contributed by atoms with van der Waals surface area (Å²) in [5.74, 6) is -0.577. The molecule has 130 valence electrons. The fraction of sp³-hybridized carbons (Fsp3) is 0.222. The van der Waals surface area contributed by atoms with Crippen LogP contribution >= 0.6 is 0 Å². The van der Waals surface area contributed by atoms with Gasteiger partial charge in [-0.05, 0) is 42.3 Å². The van der Waals surface area contributed by atoms with Crippen molar-refractivity contribution in [3.63, 3.8) is 0 Å². The highest BCUT2D eigenvalue weighted by molar-refractivity contribution is 5.35. The zero-order valence-corrected chi connectivity index (χ0v) is 13.9. The molecule has 0 saturated carbocycles. The Labute approximate surface area is 144 Å². The van der Waals surface area contributed by atoms with Gasteiger partial charge in [-0.1, -0.05) is 12.1 Å². The standard InChI is InChI=1S/C18H18F2N4O/c1-12(14-4-6-18(25-2)16(20)8-14)22-9-13-3-5-17(15(19)7-13)24-11-21-10-23-24/h3-8,10-12,22H,9H2,1-2H3. The molecule has 2 aromatic carbocycles. The molecule has 1 aromatic heterocycles. The maximum absolute atomic E-state index is 14.2. The largest absolute Gasteiger partial charge is 0.494 e. The minimum absolute atomic E-state index is 0.0986. The predicted octanol–water partition coefficient (Wildman–Crippen LogP) is 3.40. The summed E-state index contributed by atoms with van der Waals surface area (Å²) in [7, 11) is 1.43. The van der Waals surface area contributed by atoms with Crippen molar-refractivity contribution in [3.05, 3.63) is 71.8 Å². The fourth-order valence-electron chi connectivity index (χ4n) is 2.52. The van der Waals surface area contributed by atoms with Gasteiger partial charge >= 0.3 is 0 Å². The van der Waals surface area contributed by atoms with Gasteiger partial charge in [-0.25, -0.2) is 18.4 Å². The minimum atomic E-state index is -0.406. The van der Waals surface area contributed by atoms with Gasteiger partial charge < -0.3 is 10.1 Å². The highest BCUT2D eigenvalue weighted by atomic mass is 19.1. The number of aromatic nitrogens is 3. The van der Waals surface area contributed by atoms with Crippen LogP contribution in [-0.2, 0) is 6.54 Å². The van der Waals surface area contributed by atoms with Gasteiger partial charge in [-0.15, -0.1) is 0 Å². The van der Waals surface area contributed by atoms with Crippen LogP contribution in [-0.4, -0.2) is 21.9 Å². The van der Waals surface area contributed by atoms with Gasteiger partial charge in [0.05, 0.1) is 7.11 Å². The normalized spacial score (nSPS) is 12.2. The van der Waals surface area contributed by atoms with E-state index in [-0.39, 0.29) is 17.6 Å². The van der Waals surface area contributed by atoms with Gasteiger partial charge in [-0.3, -0.25) is 0 Å². The molecule has 3 rings (SSSR count). The van der Waals surface area contributed by atoms with Crippen LogP contribution in [0.3, 0.4) is 0 Å². The summed E-state index contributed by atoms with van der Waals surface area (Å²) in [6, 6.07) is 9.64. The number of ether oxygens (including phenoxy) is 1. The van der Waals surface area contributed by atoms with E-state index in [9.17, 15) is 8.78 Å². The molecular formula is C18H18F2N4O. The second-order valence-corrected chi connectivity index (χ2v) is 5.62. The maximum atomic E-state index is 14.2. The molecule has 5 nitrogen and oxygen atoms in total. The van der Waals surface area contributed by atoms with Crippen LogP contribution in [0.5, 0.6) is 5.75 Å². The molecule has 7 heteroatoms. The molecule has 0 fully saturated rings. The molecule has 3 aromatic rings. The highest BCUT2D eigenvalue weighted by Crippen LogP contribution is 2.22. The number of rotatable bonds is 6. The average molecular weight is 344 g/mol. The van der Waals surface area contributed by atoms with Crippen molar-refractivity contribution in [2.45, 2.75) is 19.5 Å². The van der Waals surface area contributed by atoms with Gasteiger partial charge in [0.1, 0.15) is 24.2 Å². The Bertz CT molecular complexity index is 852. The Hall–Kier alpha value is -2.80. The van der Waals surface area contributed by atoms with Crippen LogP contribution in [0.2, 0.25) is 0 Å². The lowest BCUT2D eigenvalue weighted by atomic mass is 10.1. The van der Waals surface area contributed by atoms with E-state index in [0.29, 0.717) is 12.2 Å². The number of benzene rings is 2. The first-order valence-corrected chi connectivity index (χ1v) is 7.78. The number of nitrogens with zero attached hydrogens (tertiary/aromatic N) is 3. The van der Waals surface area contributed by atoms with E-state index >= 15 is 0 Å². The Morgan fingerprint density at radius 3 is 2.64 bits per heavy atom. The van der Waals surface area contributed by atoms with Crippen molar-refractivity contribution in [2.75, 3.05) is 7.11 Å². The summed E-state index contributed by atoms with van der Waals surface area (Å²) in [4.78, 5) is 3.81. The summed E-state index contributed by atoms with van der Waals surface area (Å²) in [6.07, 6.45) is 2.79. The minimum Gasteiger partial charge on any atom is -0.494 e. The van der Waals surface area contributed by atoms with Crippen molar-refractivity contribution in [3.8, 4) is 11.4 Å². The number of hydrogen-bond acceptors (Lipinski definition) is 4. The molecule has 0 saturated heterocycles. The van der Waals surface area contributed by atoms with Crippen LogP contribution in [0.1, 0.15) is 24.1 Å². The van der Waals surface area contributed by atoms with Crippen LogP contribution in [0.25, 0.3) is 5.69 Å². The molecule has 1 atom stereocenters. The van der Waals surface area contributed by atoms with Gasteiger partial charge in [0.2, 0.25) is 0 Å². The molecule has 1 N–H and O–H groups in total. The summed E-state index contributed by atoms with van der Waals surface area (Å²) in [6.45, 7) is 2.37. The molecule has 0 aliphatic heterocycles. The number of halogens is 2.